The summed E-state index contributed by atoms with van der Waals surface area (Å²) in [4.78, 5) is 41.3. The number of hydrogen-bond donors (Lipinski definition) is 2. The molecule has 2 aliphatic rings. The van der Waals surface area contributed by atoms with Gasteiger partial charge in [0, 0.05) is 49.0 Å². The molecule has 6 rings (SSSR count). The zero-order valence-electron chi connectivity index (χ0n) is 19.3. The maximum atomic E-state index is 13.5. The molecule has 2 fully saturated rings. The molecular weight excluding hydrogens is 428 g/mol. The fourth-order valence-electron chi connectivity index (χ4n) is 5.63. The Bertz CT molecular complexity index is 1380. The summed E-state index contributed by atoms with van der Waals surface area (Å²) >= 11 is 0. The number of anilines is 1. The van der Waals surface area contributed by atoms with E-state index in [0.29, 0.717) is 18.7 Å². The van der Waals surface area contributed by atoms with Gasteiger partial charge in [0.2, 0.25) is 0 Å². The summed E-state index contributed by atoms with van der Waals surface area (Å²) in [6.45, 7) is 3.41. The lowest BCUT2D eigenvalue weighted by molar-refractivity contribution is 0.0743. The molecule has 3 aromatic heterocycles. The third-order valence-electron chi connectivity index (χ3n) is 7.39. The molecule has 0 aliphatic carbocycles. The first-order valence-electron chi connectivity index (χ1n) is 12.4. The van der Waals surface area contributed by atoms with Gasteiger partial charge in [-0.15, -0.1) is 0 Å². The number of fused-ring (bicyclic) bond motifs is 3. The van der Waals surface area contributed by atoms with E-state index in [2.05, 4.69) is 32.0 Å². The number of carbonyl (C=O) groups is 1. The molecule has 34 heavy (non-hydrogen) atoms. The third kappa shape index (κ3) is 3.67. The molecule has 5 heterocycles. The smallest absolute Gasteiger partial charge is 0.326 e. The molecule has 0 saturated carbocycles. The van der Waals surface area contributed by atoms with E-state index in [-0.39, 0.29) is 17.6 Å². The zero-order chi connectivity index (χ0) is 23.1. The van der Waals surface area contributed by atoms with Crippen LogP contribution in [0.15, 0.2) is 47.5 Å². The third-order valence-corrected chi connectivity index (χ3v) is 7.39. The van der Waals surface area contributed by atoms with E-state index >= 15 is 0 Å². The predicted octanol–water partition coefficient (Wildman–Crippen LogP) is 4.06. The molecule has 8 heteroatoms. The summed E-state index contributed by atoms with van der Waals surface area (Å²) in [5, 5.41) is 0.922. The lowest BCUT2D eigenvalue weighted by Gasteiger charge is -2.29. The van der Waals surface area contributed by atoms with Gasteiger partial charge in [-0.3, -0.25) is 9.36 Å². The normalized spacial score (nSPS) is 19.6. The second-order valence-corrected chi connectivity index (χ2v) is 9.56. The van der Waals surface area contributed by atoms with E-state index in [0.717, 1.165) is 54.4 Å². The van der Waals surface area contributed by atoms with Crippen LogP contribution in [0, 0.1) is 0 Å². The standard InChI is InChI=1S/C26H30N6O2/c33-25(18-7-9-19(10-8-18)30-13-3-1-4-14-30)31-15-5-2-6-20(17-31)32-23-21-11-12-27-24(21)28-16-22(23)29-26(32)34/h7-12,16,20H,1-6,13-15,17H2,(H,27,28)(H,29,34). The molecule has 4 aromatic rings. The van der Waals surface area contributed by atoms with Gasteiger partial charge in [0.1, 0.15) is 5.65 Å². The number of imidazole rings is 1. The number of rotatable bonds is 3. The van der Waals surface area contributed by atoms with E-state index in [1.54, 1.807) is 6.20 Å². The van der Waals surface area contributed by atoms with Crippen molar-refractivity contribution in [2.75, 3.05) is 31.1 Å². The van der Waals surface area contributed by atoms with Crippen molar-refractivity contribution in [3.63, 3.8) is 0 Å². The predicted molar refractivity (Wildman–Crippen MR) is 134 cm³/mol. The second kappa shape index (κ2) is 8.66. The molecule has 1 aromatic carbocycles. The fourth-order valence-corrected chi connectivity index (χ4v) is 5.63. The Labute approximate surface area is 197 Å². The van der Waals surface area contributed by atoms with Gasteiger partial charge in [-0.25, -0.2) is 9.78 Å². The van der Waals surface area contributed by atoms with Crippen molar-refractivity contribution in [1.29, 1.82) is 0 Å². The van der Waals surface area contributed by atoms with Gasteiger partial charge in [-0.1, -0.05) is 0 Å². The van der Waals surface area contributed by atoms with Crippen LogP contribution in [0.1, 0.15) is 54.9 Å². The van der Waals surface area contributed by atoms with Gasteiger partial charge in [-0.2, -0.15) is 0 Å². The highest BCUT2D eigenvalue weighted by molar-refractivity contribution is 6.01. The summed E-state index contributed by atoms with van der Waals surface area (Å²) in [6, 6.07) is 9.94. The van der Waals surface area contributed by atoms with Crippen LogP contribution in [0.4, 0.5) is 5.69 Å². The molecular formula is C26H30N6O2. The lowest BCUT2D eigenvalue weighted by Crippen LogP contribution is -2.37. The van der Waals surface area contributed by atoms with E-state index in [9.17, 15) is 9.59 Å². The van der Waals surface area contributed by atoms with E-state index in [1.807, 2.05) is 33.9 Å². The second-order valence-electron chi connectivity index (χ2n) is 9.56. The molecule has 0 bridgehead atoms. The maximum absolute atomic E-state index is 13.5. The number of H-pyrrole nitrogens is 2. The Morgan fingerprint density at radius 2 is 1.76 bits per heavy atom. The van der Waals surface area contributed by atoms with Crippen LogP contribution < -0.4 is 10.6 Å². The van der Waals surface area contributed by atoms with Crippen molar-refractivity contribution in [2.45, 2.75) is 44.6 Å². The molecule has 176 valence electrons. The van der Waals surface area contributed by atoms with Crippen molar-refractivity contribution in [1.82, 2.24) is 24.4 Å². The Balaban J connectivity index is 1.28. The minimum absolute atomic E-state index is 0.0402. The highest BCUT2D eigenvalue weighted by Gasteiger charge is 2.27. The number of amides is 1. The number of piperidine rings is 1. The van der Waals surface area contributed by atoms with Crippen LogP contribution in [0.3, 0.4) is 0 Å². The summed E-state index contributed by atoms with van der Waals surface area (Å²) in [6.07, 6.45) is 10.1. The zero-order valence-corrected chi connectivity index (χ0v) is 19.3. The summed E-state index contributed by atoms with van der Waals surface area (Å²) < 4.78 is 1.85. The molecule has 0 spiro atoms. The first kappa shape index (κ1) is 21.0. The van der Waals surface area contributed by atoms with Crippen LogP contribution in [0.25, 0.3) is 22.1 Å². The number of carbonyl (C=O) groups excluding carboxylic acids is 1. The van der Waals surface area contributed by atoms with Crippen molar-refractivity contribution < 1.29 is 4.79 Å². The van der Waals surface area contributed by atoms with Crippen LogP contribution in [0.5, 0.6) is 0 Å². The van der Waals surface area contributed by atoms with E-state index in [1.165, 1.54) is 24.9 Å². The van der Waals surface area contributed by atoms with Gasteiger partial charge in [0.25, 0.3) is 5.91 Å². The van der Waals surface area contributed by atoms with E-state index < -0.39 is 0 Å². The average Bonchev–Trinajstić information content (AvgIpc) is 3.40. The fraction of sp³-hybridized carbons (Fsp3) is 0.423. The molecule has 2 aliphatic heterocycles. The number of aromatic nitrogens is 4. The number of hydrogen-bond acceptors (Lipinski definition) is 4. The lowest BCUT2D eigenvalue weighted by atomic mass is 10.1. The molecule has 1 unspecified atom stereocenters. The molecule has 1 atom stereocenters. The van der Waals surface area contributed by atoms with Crippen LogP contribution in [-0.2, 0) is 0 Å². The van der Waals surface area contributed by atoms with Crippen LogP contribution in [0.2, 0.25) is 0 Å². The summed E-state index contributed by atoms with van der Waals surface area (Å²) in [7, 11) is 0. The Hall–Kier alpha value is -3.55. The Morgan fingerprint density at radius 3 is 2.59 bits per heavy atom. The Kier molecular flexibility index (Phi) is 5.36. The SMILES string of the molecule is O=C(c1ccc(N2CCCCC2)cc1)N1CCCCC(n2c(=O)[nH]c3cnc4[nH]ccc4c32)C1. The van der Waals surface area contributed by atoms with Crippen molar-refractivity contribution >= 4 is 33.7 Å². The van der Waals surface area contributed by atoms with Gasteiger partial charge in [0.15, 0.2) is 0 Å². The minimum atomic E-state index is -0.143. The number of pyridine rings is 1. The van der Waals surface area contributed by atoms with Crippen LogP contribution >= 0.6 is 0 Å². The van der Waals surface area contributed by atoms with Gasteiger partial charge in [-0.05, 0) is 68.9 Å². The number of aromatic amines is 2. The molecule has 1 amide bonds. The first-order valence-corrected chi connectivity index (χ1v) is 12.4. The first-order chi connectivity index (χ1) is 16.7. The Morgan fingerprint density at radius 1 is 0.971 bits per heavy atom. The highest BCUT2D eigenvalue weighted by atomic mass is 16.2. The van der Waals surface area contributed by atoms with E-state index in [4.69, 9.17) is 0 Å². The van der Waals surface area contributed by atoms with Crippen molar-refractivity contribution in [2.24, 2.45) is 0 Å². The molecule has 8 nitrogen and oxygen atoms in total. The molecule has 2 N–H and O–H groups in total. The number of nitrogens with zero attached hydrogens (tertiary/aromatic N) is 4. The van der Waals surface area contributed by atoms with Crippen molar-refractivity contribution in [3.8, 4) is 0 Å². The summed E-state index contributed by atoms with van der Waals surface area (Å²) in [5.74, 6) is 0.0402. The van der Waals surface area contributed by atoms with Crippen molar-refractivity contribution in [3.05, 3.63) is 58.8 Å². The minimum Gasteiger partial charge on any atom is -0.372 e. The monoisotopic (exact) mass is 458 g/mol. The van der Waals surface area contributed by atoms with Gasteiger partial charge in [0.05, 0.1) is 23.3 Å². The quantitative estimate of drug-likeness (QED) is 0.484. The summed E-state index contributed by atoms with van der Waals surface area (Å²) in [5.41, 5.74) is 4.12. The molecule has 2 saturated heterocycles. The van der Waals surface area contributed by atoms with Crippen LogP contribution in [-0.4, -0.2) is 56.5 Å². The molecule has 0 radical (unpaired) electrons. The number of likely N-dealkylation sites (tertiary alicyclic amines) is 1. The number of nitrogens with one attached hydrogen (secondary N) is 2. The number of benzene rings is 1. The highest BCUT2D eigenvalue weighted by Crippen LogP contribution is 2.28. The van der Waals surface area contributed by atoms with Gasteiger partial charge < -0.3 is 19.8 Å². The topological polar surface area (TPSA) is 90.0 Å². The maximum Gasteiger partial charge on any atom is 0.326 e. The largest absolute Gasteiger partial charge is 0.372 e. The van der Waals surface area contributed by atoms with Gasteiger partial charge >= 0.3 is 5.69 Å². The average molecular weight is 459 g/mol.